The van der Waals surface area contributed by atoms with Gasteiger partial charge in [0.1, 0.15) is 0 Å². The first-order valence-corrected chi connectivity index (χ1v) is 4.63. The van der Waals surface area contributed by atoms with E-state index in [1.54, 1.807) is 0 Å². The Kier molecular flexibility index (Phi) is 6.23. The predicted octanol–water partition coefficient (Wildman–Crippen LogP) is 0.679. The Morgan fingerprint density at radius 3 is 2.64 bits per heavy atom. The van der Waals surface area contributed by atoms with Crippen molar-refractivity contribution < 1.29 is 19.7 Å². The minimum Gasteiger partial charge on any atom is -0.465 e. The van der Waals surface area contributed by atoms with Gasteiger partial charge in [0.15, 0.2) is 0 Å². The third kappa shape index (κ3) is 7.82. The second kappa shape index (κ2) is 6.62. The number of rotatable bonds is 7. The van der Waals surface area contributed by atoms with Crippen LogP contribution in [0.1, 0.15) is 20.3 Å². The highest BCUT2D eigenvalue weighted by molar-refractivity contribution is 5.64. The van der Waals surface area contributed by atoms with Gasteiger partial charge in [0, 0.05) is 18.6 Å². The van der Waals surface area contributed by atoms with Gasteiger partial charge in [0.25, 0.3) is 0 Å². The number of carboxylic acid groups (broad SMARTS) is 1. The van der Waals surface area contributed by atoms with Gasteiger partial charge >= 0.3 is 6.09 Å². The average molecular weight is 205 g/mol. The van der Waals surface area contributed by atoms with Crippen LogP contribution in [0.15, 0.2) is 0 Å². The van der Waals surface area contributed by atoms with Gasteiger partial charge in [-0.2, -0.15) is 0 Å². The molecule has 0 atom stereocenters. The van der Waals surface area contributed by atoms with E-state index in [1.165, 1.54) is 0 Å². The van der Waals surface area contributed by atoms with Gasteiger partial charge in [-0.05, 0) is 6.42 Å². The summed E-state index contributed by atoms with van der Waals surface area (Å²) < 4.78 is 5.28. The van der Waals surface area contributed by atoms with Gasteiger partial charge in [-0.25, -0.2) is 4.79 Å². The normalized spacial score (nSPS) is 11.4. The summed E-state index contributed by atoms with van der Waals surface area (Å²) in [5.74, 6) is 0. The standard InChI is InChI=1S/C9H19NO4/c1-9(2,6-11)7-14-5-3-4-10-8(12)13/h10-11H,3-7H2,1-2H3,(H,12,13). The van der Waals surface area contributed by atoms with Crippen molar-refractivity contribution in [3.8, 4) is 0 Å². The molecule has 0 aliphatic rings. The molecular formula is C9H19NO4. The van der Waals surface area contributed by atoms with Crippen molar-refractivity contribution >= 4 is 6.09 Å². The number of carbonyl (C=O) groups is 1. The number of aliphatic hydroxyl groups excluding tert-OH is 1. The maximum atomic E-state index is 10.1. The molecule has 0 aromatic rings. The second-order valence-electron chi connectivity index (χ2n) is 3.96. The largest absolute Gasteiger partial charge is 0.465 e. The first-order valence-electron chi connectivity index (χ1n) is 4.63. The number of nitrogens with one attached hydrogen (secondary N) is 1. The van der Waals surface area contributed by atoms with Gasteiger partial charge in [-0.15, -0.1) is 0 Å². The number of aliphatic hydroxyl groups is 1. The van der Waals surface area contributed by atoms with E-state index in [2.05, 4.69) is 5.32 Å². The molecule has 0 rings (SSSR count). The summed E-state index contributed by atoms with van der Waals surface area (Å²) in [6, 6.07) is 0. The topological polar surface area (TPSA) is 78.8 Å². The minimum atomic E-state index is -1.01. The lowest BCUT2D eigenvalue weighted by molar-refractivity contribution is 0.0273. The van der Waals surface area contributed by atoms with Crippen molar-refractivity contribution in [1.29, 1.82) is 0 Å². The molecule has 0 aliphatic carbocycles. The van der Waals surface area contributed by atoms with Crippen molar-refractivity contribution in [3.63, 3.8) is 0 Å². The fraction of sp³-hybridized carbons (Fsp3) is 0.889. The Balaban J connectivity index is 3.25. The Labute approximate surface area is 84.1 Å². The molecule has 0 aliphatic heterocycles. The lowest BCUT2D eigenvalue weighted by Crippen LogP contribution is -2.26. The second-order valence-corrected chi connectivity index (χ2v) is 3.96. The molecule has 0 fully saturated rings. The summed E-state index contributed by atoms with van der Waals surface area (Å²) in [5.41, 5.74) is -0.222. The summed E-state index contributed by atoms with van der Waals surface area (Å²) >= 11 is 0. The Morgan fingerprint density at radius 1 is 1.50 bits per heavy atom. The van der Waals surface area contributed by atoms with E-state index in [1.807, 2.05) is 13.8 Å². The van der Waals surface area contributed by atoms with Crippen LogP contribution in [0.2, 0.25) is 0 Å². The zero-order valence-corrected chi connectivity index (χ0v) is 8.75. The molecule has 5 nitrogen and oxygen atoms in total. The molecule has 0 saturated heterocycles. The number of hydrogen-bond donors (Lipinski definition) is 3. The number of amides is 1. The zero-order valence-electron chi connectivity index (χ0n) is 8.75. The van der Waals surface area contributed by atoms with Crippen LogP contribution in [0.3, 0.4) is 0 Å². The highest BCUT2D eigenvalue weighted by Gasteiger charge is 2.15. The molecule has 14 heavy (non-hydrogen) atoms. The lowest BCUT2D eigenvalue weighted by atomic mass is 9.97. The Hall–Kier alpha value is -0.810. The maximum absolute atomic E-state index is 10.1. The van der Waals surface area contributed by atoms with Gasteiger partial charge in [-0.1, -0.05) is 13.8 Å². The predicted molar refractivity (Wildman–Crippen MR) is 52.3 cm³/mol. The molecule has 0 unspecified atom stereocenters. The summed E-state index contributed by atoms with van der Waals surface area (Å²) in [7, 11) is 0. The average Bonchev–Trinajstić information content (AvgIpc) is 2.10. The molecule has 3 N–H and O–H groups in total. The van der Waals surface area contributed by atoms with Gasteiger partial charge in [-0.3, -0.25) is 0 Å². The summed E-state index contributed by atoms with van der Waals surface area (Å²) in [5, 5.41) is 19.4. The van der Waals surface area contributed by atoms with E-state index < -0.39 is 6.09 Å². The Morgan fingerprint density at radius 2 is 2.14 bits per heavy atom. The fourth-order valence-corrected chi connectivity index (χ4v) is 0.764. The van der Waals surface area contributed by atoms with Crippen LogP contribution in [0.25, 0.3) is 0 Å². The Bertz CT molecular complexity index is 170. The van der Waals surface area contributed by atoms with Crippen LogP contribution in [-0.2, 0) is 4.74 Å². The third-order valence-electron chi connectivity index (χ3n) is 1.66. The van der Waals surface area contributed by atoms with Crippen LogP contribution in [-0.4, -0.2) is 42.7 Å². The molecule has 0 saturated carbocycles. The fourth-order valence-electron chi connectivity index (χ4n) is 0.764. The highest BCUT2D eigenvalue weighted by Crippen LogP contribution is 2.13. The smallest absolute Gasteiger partial charge is 0.404 e. The van der Waals surface area contributed by atoms with Crippen LogP contribution >= 0.6 is 0 Å². The molecule has 0 bridgehead atoms. The molecule has 1 amide bonds. The molecule has 0 aromatic heterocycles. The van der Waals surface area contributed by atoms with E-state index in [0.29, 0.717) is 26.2 Å². The quantitative estimate of drug-likeness (QED) is 0.534. The van der Waals surface area contributed by atoms with Gasteiger partial charge in [0.2, 0.25) is 0 Å². The van der Waals surface area contributed by atoms with E-state index in [4.69, 9.17) is 14.9 Å². The lowest BCUT2D eigenvalue weighted by Gasteiger charge is -2.21. The third-order valence-corrected chi connectivity index (χ3v) is 1.66. The molecule has 0 aromatic carbocycles. The van der Waals surface area contributed by atoms with Crippen molar-refractivity contribution in [3.05, 3.63) is 0 Å². The van der Waals surface area contributed by atoms with E-state index in [-0.39, 0.29) is 12.0 Å². The van der Waals surface area contributed by atoms with Crippen LogP contribution in [0.5, 0.6) is 0 Å². The monoisotopic (exact) mass is 205 g/mol. The molecule has 0 heterocycles. The maximum Gasteiger partial charge on any atom is 0.404 e. The van der Waals surface area contributed by atoms with Crippen molar-refractivity contribution in [2.24, 2.45) is 5.41 Å². The molecular weight excluding hydrogens is 186 g/mol. The minimum absolute atomic E-state index is 0.0837. The first kappa shape index (κ1) is 13.2. The van der Waals surface area contributed by atoms with E-state index >= 15 is 0 Å². The van der Waals surface area contributed by atoms with Gasteiger partial charge in [0.05, 0.1) is 13.2 Å². The summed E-state index contributed by atoms with van der Waals surface area (Å²) in [4.78, 5) is 10.1. The van der Waals surface area contributed by atoms with Crippen LogP contribution in [0, 0.1) is 5.41 Å². The van der Waals surface area contributed by atoms with Crippen molar-refractivity contribution in [2.75, 3.05) is 26.4 Å². The first-order chi connectivity index (χ1) is 6.48. The van der Waals surface area contributed by atoms with Crippen molar-refractivity contribution in [2.45, 2.75) is 20.3 Å². The molecule has 84 valence electrons. The number of ether oxygens (including phenoxy) is 1. The SMILES string of the molecule is CC(C)(CO)COCCCNC(=O)O. The zero-order chi connectivity index (χ0) is 11.0. The van der Waals surface area contributed by atoms with Crippen LogP contribution < -0.4 is 5.32 Å². The van der Waals surface area contributed by atoms with Crippen LogP contribution in [0.4, 0.5) is 4.79 Å². The molecule has 5 heteroatoms. The molecule has 0 radical (unpaired) electrons. The molecule has 0 spiro atoms. The highest BCUT2D eigenvalue weighted by atomic mass is 16.5. The van der Waals surface area contributed by atoms with E-state index in [9.17, 15) is 4.79 Å². The van der Waals surface area contributed by atoms with Gasteiger partial charge < -0.3 is 20.3 Å². The summed E-state index contributed by atoms with van der Waals surface area (Å²) in [6.45, 7) is 5.28. The number of hydrogen-bond acceptors (Lipinski definition) is 3. The van der Waals surface area contributed by atoms with Crippen molar-refractivity contribution in [1.82, 2.24) is 5.32 Å². The van der Waals surface area contributed by atoms with E-state index in [0.717, 1.165) is 0 Å². The summed E-state index contributed by atoms with van der Waals surface area (Å²) in [6.07, 6.45) is -0.367.